The van der Waals surface area contributed by atoms with Crippen LogP contribution in [0.2, 0.25) is 0 Å². The fraction of sp³-hybridized carbons (Fsp3) is 0.556. The molecule has 1 aromatic rings. The topological polar surface area (TPSA) is 69.6 Å². The van der Waals surface area contributed by atoms with Crippen LogP contribution in [-0.4, -0.2) is 47.1 Å². The van der Waals surface area contributed by atoms with Gasteiger partial charge in [0.15, 0.2) is 0 Å². The van der Waals surface area contributed by atoms with Gasteiger partial charge in [-0.05, 0) is 38.7 Å². The average Bonchev–Trinajstić information content (AvgIpc) is 3.03. The molecule has 23 heavy (non-hydrogen) atoms. The maximum absolute atomic E-state index is 12.2. The van der Waals surface area contributed by atoms with E-state index in [1.54, 1.807) is 6.92 Å². The zero-order chi connectivity index (χ0) is 16.8. The lowest BCUT2D eigenvalue weighted by Gasteiger charge is -2.19. The van der Waals surface area contributed by atoms with Gasteiger partial charge in [-0.25, -0.2) is 0 Å². The quantitative estimate of drug-likeness (QED) is 0.805. The fourth-order valence-electron chi connectivity index (χ4n) is 2.89. The van der Waals surface area contributed by atoms with E-state index in [0.29, 0.717) is 13.1 Å². The van der Waals surface area contributed by atoms with Gasteiger partial charge in [0, 0.05) is 25.0 Å². The second kappa shape index (κ2) is 8.11. The van der Waals surface area contributed by atoms with Crippen LogP contribution in [-0.2, 0) is 16.0 Å². The van der Waals surface area contributed by atoms with Crippen LogP contribution in [0.4, 0.5) is 0 Å². The molecular weight excluding hydrogens is 292 g/mol. The normalized spacial score (nSPS) is 20.1. The molecule has 0 aliphatic carbocycles. The van der Waals surface area contributed by atoms with Crippen LogP contribution in [0, 0.1) is 5.92 Å². The largest absolute Gasteiger partial charge is 0.393 e. The molecule has 0 aromatic heterocycles. The highest BCUT2D eigenvalue weighted by atomic mass is 16.3. The van der Waals surface area contributed by atoms with Gasteiger partial charge in [0.2, 0.25) is 0 Å². The number of hydrogen-bond acceptors (Lipinski definition) is 3. The lowest BCUT2D eigenvalue weighted by molar-refractivity contribution is -0.145. The zero-order valence-corrected chi connectivity index (χ0v) is 13.9. The molecule has 3 atom stereocenters. The maximum Gasteiger partial charge on any atom is 0.311 e. The van der Waals surface area contributed by atoms with E-state index in [4.69, 9.17) is 0 Å². The summed E-state index contributed by atoms with van der Waals surface area (Å²) in [6.07, 6.45) is 1.96. The number of likely N-dealkylation sites (tertiary alicyclic amines) is 1. The molecule has 1 aliphatic heterocycles. The Balaban J connectivity index is 1.76. The third-order valence-electron chi connectivity index (χ3n) is 4.47. The minimum absolute atomic E-state index is 0.0539. The Hall–Kier alpha value is -1.88. The average molecular weight is 318 g/mol. The molecule has 0 saturated carbocycles. The third kappa shape index (κ3) is 5.06. The molecule has 5 nitrogen and oxygen atoms in total. The van der Waals surface area contributed by atoms with Crippen molar-refractivity contribution >= 4 is 11.8 Å². The van der Waals surface area contributed by atoms with Gasteiger partial charge in [0.1, 0.15) is 0 Å². The molecule has 2 amide bonds. The Morgan fingerprint density at radius 3 is 2.61 bits per heavy atom. The van der Waals surface area contributed by atoms with E-state index in [-0.39, 0.29) is 12.0 Å². The summed E-state index contributed by atoms with van der Waals surface area (Å²) in [6, 6.07) is 10.0. The van der Waals surface area contributed by atoms with Crippen LogP contribution in [0.15, 0.2) is 30.3 Å². The minimum Gasteiger partial charge on any atom is -0.393 e. The van der Waals surface area contributed by atoms with Gasteiger partial charge in [-0.3, -0.25) is 9.59 Å². The molecule has 2 rings (SSSR count). The first-order valence-corrected chi connectivity index (χ1v) is 8.29. The number of aliphatic hydroxyl groups is 1. The number of nitrogens with one attached hydrogen (secondary N) is 1. The SMILES string of the molecule is C[C@H](CCc1ccccc1)NC(=O)C(=O)N1CC[C@@H]([C@H](C)O)C1. The first kappa shape index (κ1) is 17.5. The van der Waals surface area contributed by atoms with E-state index in [1.165, 1.54) is 10.5 Å². The van der Waals surface area contributed by atoms with Crippen molar-refractivity contribution in [1.82, 2.24) is 10.2 Å². The molecule has 1 saturated heterocycles. The molecule has 0 spiro atoms. The molecule has 0 bridgehead atoms. The molecule has 126 valence electrons. The van der Waals surface area contributed by atoms with Crippen molar-refractivity contribution in [2.75, 3.05) is 13.1 Å². The van der Waals surface area contributed by atoms with Gasteiger partial charge in [-0.15, -0.1) is 0 Å². The molecule has 2 N–H and O–H groups in total. The first-order valence-electron chi connectivity index (χ1n) is 8.29. The number of aryl methyl sites for hydroxylation is 1. The van der Waals surface area contributed by atoms with Gasteiger partial charge < -0.3 is 15.3 Å². The maximum atomic E-state index is 12.2. The van der Waals surface area contributed by atoms with Crippen molar-refractivity contribution in [2.24, 2.45) is 5.92 Å². The van der Waals surface area contributed by atoms with Gasteiger partial charge in [0.25, 0.3) is 0 Å². The summed E-state index contributed by atoms with van der Waals surface area (Å²) in [4.78, 5) is 25.8. The third-order valence-corrected chi connectivity index (χ3v) is 4.47. The van der Waals surface area contributed by atoms with Crippen molar-refractivity contribution in [3.8, 4) is 0 Å². The Bertz CT molecular complexity index is 530. The number of aliphatic hydroxyl groups excluding tert-OH is 1. The van der Waals surface area contributed by atoms with Crippen LogP contribution < -0.4 is 5.32 Å². The Morgan fingerprint density at radius 2 is 2.00 bits per heavy atom. The van der Waals surface area contributed by atoms with Crippen molar-refractivity contribution in [1.29, 1.82) is 0 Å². The van der Waals surface area contributed by atoms with E-state index < -0.39 is 17.9 Å². The van der Waals surface area contributed by atoms with Gasteiger partial charge >= 0.3 is 11.8 Å². The van der Waals surface area contributed by atoms with E-state index in [1.807, 2.05) is 25.1 Å². The van der Waals surface area contributed by atoms with Gasteiger partial charge in [-0.2, -0.15) is 0 Å². The number of rotatable bonds is 5. The molecule has 1 aliphatic rings. The number of nitrogens with zero attached hydrogens (tertiary/aromatic N) is 1. The minimum atomic E-state index is -0.545. The summed E-state index contributed by atoms with van der Waals surface area (Å²) in [6.45, 7) is 4.64. The van der Waals surface area contributed by atoms with Gasteiger partial charge in [-0.1, -0.05) is 30.3 Å². The van der Waals surface area contributed by atoms with E-state index in [2.05, 4.69) is 17.4 Å². The van der Waals surface area contributed by atoms with Crippen LogP contribution >= 0.6 is 0 Å². The van der Waals surface area contributed by atoms with Gasteiger partial charge in [0.05, 0.1) is 6.10 Å². The van der Waals surface area contributed by atoms with Crippen molar-refractivity contribution in [3.63, 3.8) is 0 Å². The van der Waals surface area contributed by atoms with Crippen LogP contribution in [0.3, 0.4) is 0 Å². The molecule has 5 heteroatoms. The van der Waals surface area contributed by atoms with E-state index in [0.717, 1.165) is 19.3 Å². The highest BCUT2D eigenvalue weighted by Crippen LogP contribution is 2.19. The monoisotopic (exact) mass is 318 g/mol. The Kier molecular flexibility index (Phi) is 6.16. The van der Waals surface area contributed by atoms with Crippen LogP contribution in [0.1, 0.15) is 32.3 Å². The summed E-state index contributed by atoms with van der Waals surface area (Å²) in [5.74, 6) is -0.959. The number of benzene rings is 1. The summed E-state index contributed by atoms with van der Waals surface area (Å²) in [7, 11) is 0. The summed E-state index contributed by atoms with van der Waals surface area (Å²) in [5, 5.41) is 12.4. The fourth-order valence-corrected chi connectivity index (χ4v) is 2.89. The zero-order valence-electron chi connectivity index (χ0n) is 13.9. The van der Waals surface area contributed by atoms with Crippen LogP contribution in [0.5, 0.6) is 0 Å². The standard InChI is InChI=1S/C18H26N2O3/c1-13(8-9-15-6-4-3-5-7-15)19-17(22)18(23)20-11-10-16(12-20)14(2)21/h3-7,13-14,16,21H,8-12H2,1-2H3,(H,19,22)/t13-,14+,16-/m1/s1. The summed E-state index contributed by atoms with van der Waals surface area (Å²) in [5.41, 5.74) is 1.22. The molecular formula is C18H26N2O3. The second-order valence-corrected chi connectivity index (χ2v) is 6.44. The molecule has 0 radical (unpaired) electrons. The summed E-state index contributed by atoms with van der Waals surface area (Å²) >= 11 is 0. The summed E-state index contributed by atoms with van der Waals surface area (Å²) < 4.78 is 0. The van der Waals surface area contributed by atoms with E-state index >= 15 is 0 Å². The van der Waals surface area contributed by atoms with Crippen molar-refractivity contribution < 1.29 is 14.7 Å². The predicted molar refractivity (Wildman–Crippen MR) is 88.7 cm³/mol. The molecule has 1 fully saturated rings. The Morgan fingerprint density at radius 1 is 1.30 bits per heavy atom. The highest BCUT2D eigenvalue weighted by molar-refractivity contribution is 6.35. The number of carbonyl (C=O) groups excluding carboxylic acids is 2. The molecule has 1 heterocycles. The lowest BCUT2D eigenvalue weighted by atomic mass is 10.0. The smallest absolute Gasteiger partial charge is 0.311 e. The Labute approximate surface area is 137 Å². The highest BCUT2D eigenvalue weighted by Gasteiger charge is 2.32. The van der Waals surface area contributed by atoms with Crippen molar-refractivity contribution in [2.45, 2.75) is 45.3 Å². The predicted octanol–water partition coefficient (Wildman–Crippen LogP) is 1.35. The first-order chi connectivity index (χ1) is 11.0. The van der Waals surface area contributed by atoms with Crippen LogP contribution in [0.25, 0.3) is 0 Å². The number of hydrogen-bond donors (Lipinski definition) is 2. The lowest BCUT2D eigenvalue weighted by Crippen LogP contribution is -2.45. The number of carbonyl (C=O) groups is 2. The molecule has 0 unspecified atom stereocenters. The van der Waals surface area contributed by atoms with E-state index in [9.17, 15) is 14.7 Å². The second-order valence-electron chi connectivity index (χ2n) is 6.44. The van der Waals surface area contributed by atoms with Crippen molar-refractivity contribution in [3.05, 3.63) is 35.9 Å². The molecule has 1 aromatic carbocycles. The number of amides is 2.